The van der Waals surface area contributed by atoms with Crippen LogP contribution in [0.4, 0.5) is 5.95 Å². The highest BCUT2D eigenvalue weighted by Crippen LogP contribution is 2.29. The molecule has 27 heavy (non-hydrogen) atoms. The molecular formula is C20H25N5O2. The zero-order valence-electron chi connectivity index (χ0n) is 16.0. The molecule has 1 aromatic heterocycles. The summed E-state index contributed by atoms with van der Waals surface area (Å²) in [7, 11) is 1.65. The van der Waals surface area contributed by atoms with E-state index >= 15 is 0 Å². The molecular weight excluding hydrogens is 342 g/mol. The van der Waals surface area contributed by atoms with Crippen molar-refractivity contribution < 1.29 is 9.47 Å². The molecule has 0 unspecified atom stereocenters. The van der Waals surface area contributed by atoms with Gasteiger partial charge in [0.05, 0.1) is 7.11 Å². The Morgan fingerprint density at radius 3 is 2.74 bits per heavy atom. The van der Waals surface area contributed by atoms with E-state index in [1.54, 1.807) is 11.8 Å². The zero-order chi connectivity index (χ0) is 19.1. The van der Waals surface area contributed by atoms with Gasteiger partial charge in [-0.2, -0.15) is 0 Å². The normalized spacial score (nSPS) is 10.6. The fourth-order valence-electron chi connectivity index (χ4n) is 2.74. The van der Waals surface area contributed by atoms with Gasteiger partial charge in [-0.1, -0.05) is 42.4 Å². The SMILES string of the molecule is CCCn1nnnc1NCc1ccc(OCc2ccccc2C)c(OC)c1. The van der Waals surface area contributed by atoms with Gasteiger partial charge in [0.2, 0.25) is 5.95 Å². The number of nitrogens with zero attached hydrogens (tertiary/aromatic N) is 4. The number of hydrogen-bond donors (Lipinski definition) is 1. The van der Waals surface area contributed by atoms with Crippen LogP contribution in [-0.2, 0) is 19.7 Å². The number of rotatable bonds is 9. The monoisotopic (exact) mass is 367 g/mol. The Bertz CT molecular complexity index is 878. The molecule has 3 aromatic rings. The van der Waals surface area contributed by atoms with Crippen molar-refractivity contribution in [1.29, 1.82) is 0 Å². The average molecular weight is 367 g/mol. The van der Waals surface area contributed by atoms with E-state index in [1.165, 1.54) is 5.56 Å². The fourth-order valence-corrected chi connectivity index (χ4v) is 2.74. The van der Waals surface area contributed by atoms with Crippen LogP contribution in [0.15, 0.2) is 42.5 Å². The molecule has 0 aliphatic heterocycles. The Morgan fingerprint density at radius 1 is 1.11 bits per heavy atom. The number of benzene rings is 2. The Labute approximate surface area is 159 Å². The fraction of sp³-hybridized carbons (Fsp3) is 0.350. The molecule has 0 aliphatic rings. The van der Waals surface area contributed by atoms with Crippen LogP contribution in [0.25, 0.3) is 0 Å². The van der Waals surface area contributed by atoms with E-state index in [4.69, 9.17) is 9.47 Å². The van der Waals surface area contributed by atoms with Crippen LogP contribution in [0, 0.1) is 6.92 Å². The van der Waals surface area contributed by atoms with Gasteiger partial charge in [-0.3, -0.25) is 0 Å². The van der Waals surface area contributed by atoms with Crippen LogP contribution in [0.5, 0.6) is 11.5 Å². The third-order valence-corrected chi connectivity index (χ3v) is 4.29. The van der Waals surface area contributed by atoms with Gasteiger partial charge in [0.25, 0.3) is 0 Å². The van der Waals surface area contributed by atoms with E-state index in [2.05, 4.69) is 46.8 Å². The maximum atomic E-state index is 5.97. The molecule has 0 amide bonds. The number of methoxy groups -OCH3 is 1. The van der Waals surface area contributed by atoms with Crippen molar-refractivity contribution in [2.24, 2.45) is 0 Å². The standard InChI is InChI=1S/C20H25N5O2/c1-4-11-25-20(22-23-24-25)21-13-16-9-10-18(19(12-16)26-3)27-14-17-8-6-5-7-15(17)2/h5-10,12H,4,11,13-14H2,1-3H3,(H,21,22,24). The molecule has 0 fully saturated rings. The number of ether oxygens (including phenoxy) is 2. The second-order valence-electron chi connectivity index (χ2n) is 6.28. The van der Waals surface area contributed by atoms with Crippen molar-refractivity contribution in [3.05, 3.63) is 59.2 Å². The average Bonchev–Trinajstić information content (AvgIpc) is 3.13. The summed E-state index contributed by atoms with van der Waals surface area (Å²) < 4.78 is 13.2. The van der Waals surface area contributed by atoms with Gasteiger partial charge in [-0.15, -0.1) is 0 Å². The van der Waals surface area contributed by atoms with Crippen LogP contribution < -0.4 is 14.8 Å². The smallest absolute Gasteiger partial charge is 0.243 e. The molecule has 2 aromatic carbocycles. The molecule has 0 atom stereocenters. The van der Waals surface area contributed by atoms with Crippen LogP contribution >= 0.6 is 0 Å². The van der Waals surface area contributed by atoms with Crippen molar-refractivity contribution in [3.8, 4) is 11.5 Å². The van der Waals surface area contributed by atoms with E-state index in [-0.39, 0.29) is 0 Å². The number of aromatic nitrogens is 4. The number of tetrazole rings is 1. The van der Waals surface area contributed by atoms with Crippen LogP contribution in [0.2, 0.25) is 0 Å². The second kappa shape index (κ2) is 9.02. The Morgan fingerprint density at radius 2 is 1.96 bits per heavy atom. The molecule has 1 N–H and O–H groups in total. The van der Waals surface area contributed by atoms with Crippen LogP contribution in [0.1, 0.15) is 30.0 Å². The highest BCUT2D eigenvalue weighted by molar-refractivity contribution is 5.44. The first-order chi connectivity index (χ1) is 13.2. The van der Waals surface area contributed by atoms with E-state index in [9.17, 15) is 0 Å². The van der Waals surface area contributed by atoms with Crippen molar-refractivity contribution >= 4 is 5.95 Å². The molecule has 1 heterocycles. The van der Waals surface area contributed by atoms with Gasteiger partial charge < -0.3 is 14.8 Å². The molecule has 0 spiro atoms. The summed E-state index contributed by atoms with van der Waals surface area (Å²) in [6.45, 7) is 6.05. The highest BCUT2D eigenvalue weighted by atomic mass is 16.5. The first-order valence-corrected chi connectivity index (χ1v) is 9.05. The maximum absolute atomic E-state index is 5.97. The number of aryl methyl sites for hydroxylation is 2. The van der Waals surface area contributed by atoms with Gasteiger partial charge in [-0.05, 0) is 52.6 Å². The maximum Gasteiger partial charge on any atom is 0.243 e. The molecule has 7 heteroatoms. The molecule has 7 nitrogen and oxygen atoms in total. The predicted molar refractivity (Wildman–Crippen MR) is 104 cm³/mol. The molecule has 0 aliphatic carbocycles. The quantitative estimate of drug-likeness (QED) is 0.623. The Balaban J connectivity index is 1.65. The van der Waals surface area contributed by atoms with Crippen molar-refractivity contribution in [1.82, 2.24) is 20.2 Å². The Hall–Kier alpha value is -3.09. The summed E-state index contributed by atoms with van der Waals surface area (Å²) in [5.41, 5.74) is 3.43. The predicted octanol–water partition coefficient (Wildman–Crippen LogP) is 3.59. The zero-order valence-corrected chi connectivity index (χ0v) is 16.0. The summed E-state index contributed by atoms with van der Waals surface area (Å²) in [6, 6.07) is 14.1. The van der Waals surface area contributed by atoms with Gasteiger partial charge >= 0.3 is 0 Å². The molecule has 0 bridgehead atoms. The van der Waals surface area contributed by atoms with Gasteiger partial charge in [0.1, 0.15) is 6.61 Å². The lowest BCUT2D eigenvalue weighted by Gasteiger charge is -2.14. The minimum absolute atomic E-state index is 0.506. The number of anilines is 1. The first-order valence-electron chi connectivity index (χ1n) is 9.05. The third kappa shape index (κ3) is 4.75. The lowest BCUT2D eigenvalue weighted by Crippen LogP contribution is -2.09. The molecule has 142 valence electrons. The topological polar surface area (TPSA) is 74.1 Å². The van der Waals surface area contributed by atoms with Crippen LogP contribution in [0.3, 0.4) is 0 Å². The molecule has 0 radical (unpaired) electrons. The summed E-state index contributed by atoms with van der Waals surface area (Å²) in [4.78, 5) is 0. The Kier molecular flexibility index (Phi) is 6.25. The van der Waals surface area contributed by atoms with Crippen molar-refractivity contribution in [3.63, 3.8) is 0 Å². The molecule has 0 saturated carbocycles. The van der Waals surface area contributed by atoms with Gasteiger partial charge in [0.15, 0.2) is 11.5 Å². The third-order valence-electron chi connectivity index (χ3n) is 4.29. The lowest BCUT2D eigenvalue weighted by molar-refractivity contribution is 0.283. The summed E-state index contributed by atoms with van der Waals surface area (Å²) in [6.07, 6.45) is 0.973. The van der Waals surface area contributed by atoms with E-state index in [0.29, 0.717) is 24.8 Å². The lowest BCUT2D eigenvalue weighted by atomic mass is 10.1. The van der Waals surface area contributed by atoms with Gasteiger partial charge in [0, 0.05) is 13.1 Å². The highest BCUT2D eigenvalue weighted by Gasteiger charge is 2.09. The van der Waals surface area contributed by atoms with E-state index in [0.717, 1.165) is 29.8 Å². The van der Waals surface area contributed by atoms with Gasteiger partial charge in [-0.25, -0.2) is 4.68 Å². The molecule has 0 saturated heterocycles. The van der Waals surface area contributed by atoms with E-state index < -0.39 is 0 Å². The minimum Gasteiger partial charge on any atom is -0.493 e. The summed E-state index contributed by atoms with van der Waals surface area (Å²) in [5.74, 6) is 2.09. The first kappa shape index (κ1) is 18.7. The summed E-state index contributed by atoms with van der Waals surface area (Å²) >= 11 is 0. The number of hydrogen-bond acceptors (Lipinski definition) is 6. The second-order valence-corrected chi connectivity index (χ2v) is 6.28. The minimum atomic E-state index is 0.506. The molecule has 3 rings (SSSR count). The number of nitrogens with one attached hydrogen (secondary N) is 1. The van der Waals surface area contributed by atoms with Crippen molar-refractivity contribution in [2.75, 3.05) is 12.4 Å². The summed E-state index contributed by atoms with van der Waals surface area (Å²) in [5, 5.41) is 15.0. The van der Waals surface area contributed by atoms with Crippen LogP contribution in [-0.4, -0.2) is 27.3 Å². The van der Waals surface area contributed by atoms with Crippen molar-refractivity contribution in [2.45, 2.75) is 40.0 Å². The van der Waals surface area contributed by atoms with E-state index in [1.807, 2.05) is 30.3 Å². The largest absolute Gasteiger partial charge is 0.493 e.